The Hall–Kier alpha value is -3.09. The molecule has 0 radical (unpaired) electrons. The molecule has 0 unspecified atom stereocenters. The zero-order chi connectivity index (χ0) is 19.7. The SMILES string of the molecule is O=C1NC(=S)N(c2ccc(Cl)cc2)C(=O)[C@H]1C=Nc1ccc2ccccc2c1. The van der Waals surface area contributed by atoms with Crippen molar-refractivity contribution in [1.29, 1.82) is 0 Å². The normalized spacial score (nSPS) is 17.4. The largest absolute Gasteiger partial charge is 0.301 e. The first-order valence-corrected chi connectivity index (χ1v) is 9.29. The van der Waals surface area contributed by atoms with Crippen LogP contribution in [0.2, 0.25) is 5.02 Å². The fourth-order valence-electron chi connectivity index (χ4n) is 2.97. The van der Waals surface area contributed by atoms with Crippen LogP contribution in [0.4, 0.5) is 11.4 Å². The van der Waals surface area contributed by atoms with E-state index in [0.717, 1.165) is 10.8 Å². The van der Waals surface area contributed by atoms with Gasteiger partial charge in [-0.15, -0.1) is 0 Å². The number of aliphatic imine (C=N–C) groups is 1. The number of halogens is 1. The number of carbonyl (C=O) groups excluding carboxylic acids is 2. The van der Waals surface area contributed by atoms with Gasteiger partial charge in [0.25, 0.3) is 5.91 Å². The third kappa shape index (κ3) is 3.52. The molecule has 3 aromatic carbocycles. The van der Waals surface area contributed by atoms with E-state index in [2.05, 4.69) is 10.3 Å². The molecule has 4 rings (SSSR count). The third-order valence-electron chi connectivity index (χ3n) is 4.39. The Morgan fingerprint density at radius 2 is 1.71 bits per heavy atom. The Bertz CT molecular complexity index is 1130. The van der Waals surface area contributed by atoms with Gasteiger partial charge in [-0.25, -0.2) is 0 Å². The topological polar surface area (TPSA) is 61.8 Å². The van der Waals surface area contributed by atoms with E-state index in [1.165, 1.54) is 11.1 Å². The van der Waals surface area contributed by atoms with Crippen LogP contribution in [0.1, 0.15) is 0 Å². The van der Waals surface area contributed by atoms with Crippen molar-refractivity contribution in [2.45, 2.75) is 0 Å². The maximum atomic E-state index is 12.9. The number of nitrogens with zero attached hydrogens (tertiary/aromatic N) is 2. The maximum absolute atomic E-state index is 12.9. The zero-order valence-electron chi connectivity index (χ0n) is 14.5. The molecule has 0 aliphatic carbocycles. The zero-order valence-corrected chi connectivity index (χ0v) is 16.1. The lowest BCUT2D eigenvalue weighted by atomic mass is 10.1. The summed E-state index contributed by atoms with van der Waals surface area (Å²) in [5, 5.41) is 5.25. The average molecular weight is 408 g/mol. The Morgan fingerprint density at radius 3 is 2.46 bits per heavy atom. The Kier molecular flexibility index (Phi) is 4.90. The summed E-state index contributed by atoms with van der Waals surface area (Å²) in [6.45, 7) is 0. The Balaban J connectivity index is 1.62. The lowest BCUT2D eigenvalue weighted by Gasteiger charge is -2.30. The van der Waals surface area contributed by atoms with Gasteiger partial charge in [0, 0.05) is 11.2 Å². The molecule has 2 amide bonds. The van der Waals surface area contributed by atoms with Gasteiger partial charge in [-0.3, -0.25) is 19.5 Å². The van der Waals surface area contributed by atoms with Crippen LogP contribution in [-0.2, 0) is 9.59 Å². The van der Waals surface area contributed by atoms with Crippen LogP contribution in [-0.4, -0.2) is 23.1 Å². The number of anilines is 1. The van der Waals surface area contributed by atoms with Crippen LogP contribution < -0.4 is 10.2 Å². The van der Waals surface area contributed by atoms with Crippen LogP contribution in [0.25, 0.3) is 10.8 Å². The Morgan fingerprint density at radius 1 is 1.00 bits per heavy atom. The van der Waals surface area contributed by atoms with Crippen LogP contribution in [0.3, 0.4) is 0 Å². The van der Waals surface area contributed by atoms with Crippen molar-refractivity contribution in [1.82, 2.24) is 5.32 Å². The van der Waals surface area contributed by atoms with E-state index in [1.54, 1.807) is 24.3 Å². The molecule has 3 aromatic rings. The maximum Gasteiger partial charge on any atom is 0.251 e. The molecule has 5 nitrogen and oxygen atoms in total. The monoisotopic (exact) mass is 407 g/mol. The summed E-state index contributed by atoms with van der Waals surface area (Å²) < 4.78 is 0. The molecule has 1 N–H and O–H groups in total. The number of benzene rings is 3. The summed E-state index contributed by atoms with van der Waals surface area (Å²) in [5.74, 6) is -2.03. The van der Waals surface area contributed by atoms with Gasteiger partial charge in [0.2, 0.25) is 5.91 Å². The minimum absolute atomic E-state index is 0.0349. The van der Waals surface area contributed by atoms with Gasteiger partial charge < -0.3 is 5.32 Å². The summed E-state index contributed by atoms with van der Waals surface area (Å²) in [6, 6.07) is 20.2. The average Bonchev–Trinajstić information content (AvgIpc) is 2.69. The number of thiocarbonyl (C=S) groups is 1. The van der Waals surface area contributed by atoms with E-state index in [4.69, 9.17) is 23.8 Å². The lowest BCUT2D eigenvalue weighted by Crippen LogP contribution is -2.58. The van der Waals surface area contributed by atoms with Gasteiger partial charge in [-0.05, 0) is 59.4 Å². The fourth-order valence-corrected chi connectivity index (χ4v) is 3.40. The summed E-state index contributed by atoms with van der Waals surface area (Å²) in [4.78, 5) is 30.9. The number of hydrogen-bond acceptors (Lipinski definition) is 4. The van der Waals surface area contributed by atoms with E-state index in [1.807, 2.05) is 42.5 Å². The van der Waals surface area contributed by atoms with Crippen LogP contribution in [0, 0.1) is 5.92 Å². The predicted molar refractivity (Wildman–Crippen MR) is 115 cm³/mol. The molecule has 138 valence electrons. The van der Waals surface area contributed by atoms with Gasteiger partial charge in [-0.1, -0.05) is 41.9 Å². The molecule has 1 aliphatic heterocycles. The van der Waals surface area contributed by atoms with E-state index in [-0.39, 0.29) is 5.11 Å². The van der Waals surface area contributed by atoms with Gasteiger partial charge in [0.1, 0.15) is 0 Å². The number of carbonyl (C=O) groups is 2. The van der Waals surface area contributed by atoms with Gasteiger partial charge in [0.05, 0.1) is 11.4 Å². The van der Waals surface area contributed by atoms with Gasteiger partial charge in [-0.2, -0.15) is 0 Å². The van der Waals surface area contributed by atoms with Crippen molar-refractivity contribution in [2.24, 2.45) is 10.9 Å². The highest BCUT2D eigenvalue weighted by molar-refractivity contribution is 7.80. The van der Waals surface area contributed by atoms with Crippen molar-refractivity contribution >= 4 is 69.1 Å². The summed E-state index contributed by atoms with van der Waals surface area (Å²) in [6.07, 6.45) is 1.35. The first kappa shape index (κ1) is 18.3. The van der Waals surface area contributed by atoms with Gasteiger partial charge in [0.15, 0.2) is 11.0 Å². The number of rotatable bonds is 3. The molecule has 1 fully saturated rings. The standard InChI is InChI=1S/C21H14ClN3O2S/c22-15-6-9-17(10-7-15)25-20(27)18(19(26)24-21(25)28)12-23-16-8-5-13-3-1-2-4-14(13)11-16/h1-12,18H,(H,24,26,28)/t18-/m0/s1. The van der Waals surface area contributed by atoms with Crippen LogP contribution >= 0.6 is 23.8 Å². The highest BCUT2D eigenvalue weighted by atomic mass is 35.5. The van der Waals surface area contributed by atoms with E-state index in [0.29, 0.717) is 16.4 Å². The van der Waals surface area contributed by atoms with E-state index >= 15 is 0 Å². The summed E-state index contributed by atoms with van der Waals surface area (Å²) in [5.41, 5.74) is 1.19. The van der Waals surface area contributed by atoms with E-state index < -0.39 is 17.7 Å². The van der Waals surface area contributed by atoms with Crippen LogP contribution in [0.15, 0.2) is 71.7 Å². The second-order valence-electron chi connectivity index (χ2n) is 6.23. The highest BCUT2D eigenvalue weighted by Crippen LogP contribution is 2.24. The fraction of sp³-hybridized carbons (Fsp3) is 0.0476. The molecule has 0 saturated carbocycles. The quantitative estimate of drug-likeness (QED) is 0.401. The molecule has 0 bridgehead atoms. The van der Waals surface area contributed by atoms with Crippen LogP contribution in [0.5, 0.6) is 0 Å². The molecule has 1 saturated heterocycles. The summed E-state index contributed by atoms with van der Waals surface area (Å²) in [7, 11) is 0. The molecule has 7 heteroatoms. The molecule has 28 heavy (non-hydrogen) atoms. The van der Waals surface area contributed by atoms with E-state index in [9.17, 15) is 9.59 Å². The molecule has 1 aliphatic rings. The number of hydrogen-bond donors (Lipinski definition) is 1. The minimum atomic E-state index is -1.08. The molecule has 1 atom stereocenters. The number of nitrogens with one attached hydrogen (secondary N) is 1. The number of amides is 2. The third-order valence-corrected chi connectivity index (χ3v) is 4.93. The lowest BCUT2D eigenvalue weighted by molar-refractivity contribution is -0.130. The second kappa shape index (κ2) is 7.50. The van der Waals surface area contributed by atoms with Crippen molar-refractivity contribution in [2.75, 3.05) is 4.90 Å². The minimum Gasteiger partial charge on any atom is -0.301 e. The first-order chi connectivity index (χ1) is 13.5. The molecule has 1 heterocycles. The smallest absolute Gasteiger partial charge is 0.251 e. The second-order valence-corrected chi connectivity index (χ2v) is 7.05. The molecule has 0 spiro atoms. The van der Waals surface area contributed by atoms with Crippen molar-refractivity contribution in [3.05, 3.63) is 71.8 Å². The predicted octanol–water partition coefficient (Wildman–Crippen LogP) is 4.26. The first-order valence-electron chi connectivity index (χ1n) is 8.50. The Labute approximate surface area is 171 Å². The molecule has 0 aromatic heterocycles. The van der Waals surface area contributed by atoms with Crippen molar-refractivity contribution in [3.63, 3.8) is 0 Å². The van der Waals surface area contributed by atoms with Gasteiger partial charge >= 0.3 is 0 Å². The molecular weight excluding hydrogens is 394 g/mol. The van der Waals surface area contributed by atoms with Crippen molar-refractivity contribution in [3.8, 4) is 0 Å². The summed E-state index contributed by atoms with van der Waals surface area (Å²) >= 11 is 11.1. The highest BCUT2D eigenvalue weighted by Gasteiger charge is 2.38. The van der Waals surface area contributed by atoms with Crippen molar-refractivity contribution < 1.29 is 9.59 Å². The molecular formula is C21H14ClN3O2S. The number of fused-ring (bicyclic) bond motifs is 1.